The lowest BCUT2D eigenvalue weighted by Gasteiger charge is -2.16. The number of rotatable bonds is 7. The van der Waals surface area contributed by atoms with Crippen molar-refractivity contribution in [2.75, 3.05) is 0 Å². The molecule has 1 aliphatic rings. The Kier molecular flexibility index (Phi) is 6.23. The van der Waals surface area contributed by atoms with Gasteiger partial charge in [-0.2, -0.15) is 5.10 Å². The van der Waals surface area contributed by atoms with Crippen LogP contribution in [0.25, 0.3) is 11.0 Å². The first-order valence-corrected chi connectivity index (χ1v) is 11.5. The first-order valence-electron chi connectivity index (χ1n) is 11.5. The van der Waals surface area contributed by atoms with E-state index in [2.05, 4.69) is 20.7 Å². The van der Waals surface area contributed by atoms with Crippen LogP contribution in [0.15, 0.2) is 29.1 Å². The summed E-state index contributed by atoms with van der Waals surface area (Å²) in [7, 11) is 1.79. The number of urea groups is 1. The molecule has 10 nitrogen and oxygen atoms in total. The van der Waals surface area contributed by atoms with Gasteiger partial charge in [0, 0.05) is 31.0 Å². The zero-order chi connectivity index (χ0) is 25.5. The van der Waals surface area contributed by atoms with Gasteiger partial charge in [0.05, 0.1) is 12.2 Å². The minimum Gasteiger partial charge on any atom is -0.352 e. The molecule has 4 amide bonds. The number of benzene rings is 1. The average molecular weight is 479 g/mol. The van der Waals surface area contributed by atoms with E-state index in [-0.39, 0.29) is 30.3 Å². The van der Waals surface area contributed by atoms with Gasteiger partial charge in [0.1, 0.15) is 11.2 Å². The number of pyridine rings is 1. The van der Waals surface area contributed by atoms with Crippen LogP contribution in [0, 0.1) is 13.8 Å². The molecule has 3 N–H and O–H groups in total. The average Bonchev–Trinajstić information content (AvgIpc) is 3.18. The third-order valence-electron chi connectivity index (χ3n) is 6.46. The standard InChI is InChI=1S/C25H30N6O4/c1-14-18(22(33)27-21-20(14)15(2)29-30(21)5)10-11-19(32)26-12-16-6-8-17(9-7-16)13-31-23(34)25(3,4)28-24(31)35/h6-9H,10-13H2,1-5H3,(H,26,32)(H,27,33)(H,28,35). The van der Waals surface area contributed by atoms with Gasteiger partial charge < -0.3 is 15.6 Å². The van der Waals surface area contributed by atoms with Gasteiger partial charge in [0.2, 0.25) is 5.91 Å². The largest absolute Gasteiger partial charge is 0.352 e. The van der Waals surface area contributed by atoms with Crippen molar-refractivity contribution in [3.63, 3.8) is 0 Å². The van der Waals surface area contributed by atoms with Crippen LogP contribution in [0.4, 0.5) is 4.79 Å². The SMILES string of the molecule is Cc1nn(C)c2[nH]c(=O)c(CCC(=O)NCc3ccc(CN4C(=O)NC(C)(C)C4=O)cc3)c(C)c12. The molecule has 1 fully saturated rings. The minimum atomic E-state index is -0.896. The summed E-state index contributed by atoms with van der Waals surface area (Å²) in [5.74, 6) is -0.414. The highest BCUT2D eigenvalue weighted by Crippen LogP contribution is 2.21. The topological polar surface area (TPSA) is 129 Å². The Morgan fingerprint density at radius 3 is 2.37 bits per heavy atom. The fourth-order valence-electron chi connectivity index (χ4n) is 4.49. The van der Waals surface area contributed by atoms with Crippen LogP contribution < -0.4 is 16.2 Å². The third kappa shape index (κ3) is 4.68. The number of hydrogen-bond acceptors (Lipinski definition) is 5. The summed E-state index contributed by atoms with van der Waals surface area (Å²) in [6, 6.07) is 6.98. The molecule has 184 valence electrons. The Balaban J connectivity index is 1.33. The summed E-state index contributed by atoms with van der Waals surface area (Å²) < 4.78 is 1.65. The zero-order valence-electron chi connectivity index (χ0n) is 20.6. The maximum Gasteiger partial charge on any atom is 0.325 e. The second kappa shape index (κ2) is 9.01. The van der Waals surface area contributed by atoms with Crippen LogP contribution in [0.1, 0.15) is 48.2 Å². The molecule has 0 bridgehead atoms. The number of carbonyl (C=O) groups is 3. The lowest BCUT2D eigenvalue weighted by atomic mass is 10.0. The van der Waals surface area contributed by atoms with Crippen molar-refractivity contribution in [3.8, 4) is 0 Å². The minimum absolute atomic E-state index is 0.155. The Hall–Kier alpha value is -3.95. The predicted octanol–water partition coefficient (Wildman–Crippen LogP) is 1.96. The van der Waals surface area contributed by atoms with Gasteiger partial charge in [-0.25, -0.2) is 4.79 Å². The molecule has 0 unspecified atom stereocenters. The Bertz CT molecular complexity index is 1380. The fourth-order valence-corrected chi connectivity index (χ4v) is 4.49. The first-order chi connectivity index (χ1) is 16.5. The summed E-state index contributed by atoms with van der Waals surface area (Å²) in [5, 5.41) is 10.8. The van der Waals surface area contributed by atoms with E-state index in [4.69, 9.17) is 0 Å². The first kappa shape index (κ1) is 24.2. The molecule has 0 radical (unpaired) electrons. The second-order valence-electron chi connectivity index (χ2n) is 9.53. The van der Waals surface area contributed by atoms with Crippen LogP contribution in [-0.4, -0.2) is 43.0 Å². The molecule has 1 saturated heterocycles. The molecule has 1 aromatic carbocycles. The number of carbonyl (C=O) groups excluding carboxylic acids is 3. The summed E-state index contributed by atoms with van der Waals surface area (Å²) in [6.45, 7) is 7.67. The predicted molar refractivity (Wildman–Crippen MR) is 131 cm³/mol. The number of aromatic nitrogens is 3. The van der Waals surface area contributed by atoms with Crippen molar-refractivity contribution in [2.24, 2.45) is 7.05 Å². The summed E-state index contributed by atoms with van der Waals surface area (Å²) in [5.41, 5.74) is 3.58. The smallest absolute Gasteiger partial charge is 0.325 e. The van der Waals surface area contributed by atoms with Gasteiger partial charge in [-0.15, -0.1) is 0 Å². The molecular weight excluding hydrogens is 448 g/mol. The van der Waals surface area contributed by atoms with E-state index < -0.39 is 11.6 Å². The number of hydrogen-bond donors (Lipinski definition) is 3. The normalized spacial score (nSPS) is 15.1. The molecule has 3 aromatic rings. The van der Waals surface area contributed by atoms with Crippen LogP contribution in [0.3, 0.4) is 0 Å². The van der Waals surface area contributed by atoms with Gasteiger partial charge in [-0.1, -0.05) is 24.3 Å². The van der Waals surface area contributed by atoms with E-state index in [1.807, 2.05) is 38.1 Å². The van der Waals surface area contributed by atoms with Crippen LogP contribution in [-0.2, 0) is 36.1 Å². The molecule has 0 aliphatic carbocycles. The highest BCUT2D eigenvalue weighted by molar-refractivity contribution is 6.06. The van der Waals surface area contributed by atoms with Gasteiger partial charge >= 0.3 is 6.03 Å². The van der Waals surface area contributed by atoms with E-state index in [1.165, 1.54) is 4.90 Å². The molecule has 0 atom stereocenters. The number of nitrogens with zero attached hydrogens (tertiary/aromatic N) is 3. The number of fused-ring (bicyclic) bond motifs is 1. The molecule has 2 aromatic heterocycles. The third-order valence-corrected chi connectivity index (χ3v) is 6.46. The van der Waals surface area contributed by atoms with E-state index >= 15 is 0 Å². The van der Waals surface area contributed by atoms with Gasteiger partial charge in [-0.3, -0.25) is 24.0 Å². The Morgan fingerprint density at radius 1 is 1.09 bits per heavy atom. The summed E-state index contributed by atoms with van der Waals surface area (Å²) in [4.78, 5) is 53.5. The highest BCUT2D eigenvalue weighted by atomic mass is 16.2. The molecular formula is C25H30N6O4. The molecule has 3 heterocycles. The second-order valence-corrected chi connectivity index (χ2v) is 9.53. The maximum absolute atomic E-state index is 12.6. The van der Waals surface area contributed by atoms with Crippen LogP contribution in [0.5, 0.6) is 0 Å². The van der Waals surface area contributed by atoms with E-state index in [1.54, 1.807) is 25.6 Å². The maximum atomic E-state index is 12.6. The van der Waals surface area contributed by atoms with Crippen molar-refractivity contribution >= 4 is 28.9 Å². The number of nitrogens with one attached hydrogen (secondary N) is 3. The Morgan fingerprint density at radius 2 is 1.74 bits per heavy atom. The summed E-state index contributed by atoms with van der Waals surface area (Å²) in [6.07, 6.45) is 0.521. The highest BCUT2D eigenvalue weighted by Gasteiger charge is 2.44. The van der Waals surface area contributed by atoms with E-state index in [9.17, 15) is 19.2 Å². The number of aromatic amines is 1. The lowest BCUT2D eigenvalue weighted by Crippen LogP contribution is -2.40. The molecule has 0 spiro atoms. The van der Waals surface area contributed by atoms with Gasteiger partial charge in [0.15, 0.2) is 0 Å². The molecule has 35 heavy (non-hydrogen) atoms. The van der Waals surface area contributed by atoms with Gasteiger partial charge in [-0.05, 0) is 50.8 Å². The fraction of sp³-hybridized carbons (Fsp3) is 0.400. The molecule has 10 heteroatoms. The van der Waals surface area contributed by atoms with E-state index in [0.29, 0.717) is 24.2 Å². The van der Waals surface area contributed by atoms with Crippen molar-refractivity contribution in [2.45, 2.75) is 59.2 Å². The van der Waals surface area contributed by atoms with Crippen molar-refractivity contribution < 1.29 is 14.4 Å². The van der Waals surface area contributed by atoms with Crippen molar-refractivity contribution in [1.82, 2.24) is 30.3 Å². The lowest BCUT2D eigenvalue weighted by molar-refractivity contribution is -0.130. The zero-order valence-corrected chi connectivity index (χ0v) is 20.6. The van der Waals surface area contributed by atoms with Gasteiger partial charge in [0.25, 0.3) is 11.5 Å². The number of H-pyrrole nitrogens is 1. The molecule has 0 saturated carbocycles. The quantitative estimate of drug-likeness (QED) is 0.447. The number of imide groups is 1. The number of amides is 4. The van der Waals surface area contributed by atoms with Crippen molar-refractivity contribution in [1.29, 1.82) is 0 Å². The Labute approximate surface area is 202 Å². The monoisotopic (exact) mass is 478 g/mol. The van der Waals surface area contributed by atoms with Crippen molar-refractivity contribution in [3.05, 3.63) is 62.6 Å². The van der Waals surface area contributed by atoms with E-state index in [0.717, 1.165) is 27.8 Å². The number of aryl methyl sites for hydroxylation is 3. The molecule has 4 rings (SSSR count). The van der Waals surface area contributed by atoms with Crippen LogP contribution >= 0.6 is 0 Å². The molecule has 1 aliphatic heterocycles. The summed E-state index contributed by atoms with van der Waals surface area (Å²) >= 11 is 0. The van der Waals surface area contributed by atoms with Crippen LogP contribution in [0.2, 0.25) is 0 Å².